The summed E-state index contributed by atoms with van der Waals surface area (Å²) in [5.41, 5.74) is 22.1. The quantitative estimate of drug-likeness (QED) is 0.0455. The molecule has 0 radical (unpaired) electrons. The predicted molar refractivity (Wildman–Crippen MR) is 355 cm³/mol. The van der Waals surface area contributed by atoms with E-state index in [-0.39, 0.29) is 0 Å². The molecule has 0 aliphatic heterocycles. The second kappa shape index (κ2) is 29.9. The molecule has 2 atom stereocenters. The molecule has 80 heavy (non-hydrogen) atoms. The summed E-state index contributed by atoms with van der Waals surface area (Å²) in [6.45, 7) is 35.7. The van der Waals surface area contributed by atoms with Crippen molar-refractivity contribution in [3.63, 3.8) is 0 Å². The molecule has 2 unspecified atom stereocenters. The monoisotopic (exact) mass is 1050 g/mol. The first-order valence-corrected chi connectivity index (χ1v) is 29.2. The molecule has 410 valence electrons. The van der Waals surface area contributed by atoms with Gasteiger partial charge in [0.15, 0.2) is 0 Å². The molecule has 0 N–H and O–H groups in total. The molecule has 0 saturated heterocycles. The number of benzene rings is 7. The van der Waals surface area contributed by atoms with Crippen LogP contribution >= 0.6 is 0 Å². The van der Waals surface area contributed by atoms with Crippen LogP contribution in [0.1, 0.15) is 174 Å². The zero-order valence-corrected chi connectivity index (χ0v) is 49.3. The third-order valence-corrected chi connectivity index (χ3v) is 15.1. The summed E-state index contributed by atoms with van der Waals surface area (Å²) < 4.78 is 12.6. The van der Waals surface area contributed by atoms with Crippen molar-refractivity contribution in [2.24, 2.45) is 11.8 Å². The topological polar surface area (TPSA) is 18.5 Å². The Morgan fingerprint density at radius 2 is 0.625 bits per heavy atom. The Labute approximate surface area is 482 Å². The lowest BCUT2D eigenvalue weighted by Crippen LogP contribution is -2.11. The molecule has 0 spiro atoms. The first kappa shape index (κ1) is 59.7. The average Bonchev–Trinajstić information content (AvgIpc) is 3.47. The van der Waals surface area contributed by atoms with Gasteiger partial charge < -0.3 is 9.47 Å². The van der Waals surface area contributed by atoms with Crippen molar-refractivity contribution in [1.82, 2.24) is 0 Å². The van der Waals surface area contributed by atoms with Crippen LogP contribution in [0.3, 0.4) is 0 Å². The molecule has 0 heterocycles. The van der Waals surface area contributed by atoms with E-state index < -0.39 is 0 Å². The lowest BCUT2D eigenvalue weighted by atomic mass is 9.95. The Hall–Kier alpha value is -7.94. The van der Waals surface area contributed by atoms with Gasteiger partial charge in [0.2, 0.25) is 0 Å². The van der Waals surface area contributed by atoms with Crippen LogP contribution < -0.4 is 9.47 Å². The lowest BCUT2D eigenvalue weighted by molar-refractivity contribution is 0.233. The highest BCUT2D eigenvalue weighted by molar-refractivity contribution is 5.84. The van der Waals surface area contributed by atoms with Crippen LogP contribution in [0.4, 0.5) is 0 Å². The van der Waals surface area contributed by atoms with Crippen LogP contribution in [-0.4, -0.2) is 13.2 Å². The summed E-state index contributed by atoms with van der Waals surface area (Å²) in [6.07, 6.45) is 27.2. The maximum Gasteiger partial charge on any atom is 0.119 e. The van der Waals surface area contributed by atoms with Gasteiger partial charge in [0.05, 0.1) is 13.2 Å². The molecule has 0 saturated carbocycles. The van der Waals surface area contributed by atoms with Crippen molar-refractivity contribution in [2.45, 2.75) is 107 Å². The standard InChI is InChI=1S/C78H86O2/c1-13-17-19-59(15-3)53-79-77-37-33-69(34-38-77)75-48-68(49-76(52-75)70-35-39-78(40-36-70)80-54-60(16-4)20-18-14-2)28-26-62-23-21-61(22-24-62)25-27-63-41-64(29-31-66-44-71(55(5)6)50-72(45-66)56(7)8)43-65(42-63)30-32-67-46-73(57(9)10)51-74(47-67)58(11)12/h21-52,59-60H,5,7,9,11,13-20,53-54H2,1-4,6,8,10,12H3/b27-25+,28-26+,31-29+,32-30+. The summed E-state index contributed by atoms with van der Waals surface area (Å²) in [5, 5.41) is 0. The van der Waals surface area contributed by atoms with E-state index >= 15 is 0 Å². The lowest BCUT2D eigenvalue weighted by Gasteiger charge is -2.16. The Kier molecular flexibility index (Phi) is 22.3. The Morgan fingerprint density at radius 1 is 0.338 bits per heavy atom. The second-order valence-electron chi connectivity index (χ2n) is 22.1. The largest absolute Gasteiger partial charge is 0.493 e. The van der Waals surface area contributed by atoms with E-state index in [2.05, 4.69) is 248 Å². The number of unbranched alkanes of at least 4 members (excludes halogenated alkanes) is 2. The van der Waals surface area contributed by atoms with Gasteiger partial charge in [-0.25, -0.2) is 0 Å². The maximum absolute atomic E-state index is 6.32. The first-order chi connectivity index (χ1) is 38.7. The number of rotatable bonds is 28. The smallest absolute Gasteiger partial charge is 0.119 e. The molecule has 0 fully saturated rings. The molecular weight excluding hydrogens is 969 g/mol. The van der Waals surface area contributed by atoms with Gasteiger partial charge in [-0.3, -0.25) is 0 Å². The van der Waals surface area contributed by atoms with Gasteiger partial charge in [-0.1, -0.05) is 212 Å². The highest BCUT2D eigenvalue weighted by Gasteiger charge is 2.12. The molecule has 0 bridgehead atoms. The van der Waals surface area contributed by atoms with Gasteiger partial charge in [0.1, 0.15) is 11.5 Å². The molecule has 7 aromatic carbocycles. The molecule has 7 rings (SSSR count). The highest BCUT2D eigenvalue weighted by Crippen LogP contribution is 2.33. The Balaban J connectivity index is 1.15. The van der Waals surface area contributed by atoms with Crippen LogP contribution in [0, 0.1) is 11.8 Å². The van der Waals surface area contributed by atoms with Gasteiger partial charge >= 0.3 is 0 Å². The molecular formula is C78H86O2. The fraction of sp³-hybridized carbons (Fsp3) is 0.256. The fourth-order valence-corrected chi connectivity index (χ4v) is 9.75. The third kappa shape index (κ3) is 18.0. The summed E-state index contributed by atoms with van der Waals surface area (Å²) in [4.78, 5) is 0. The number of hydrogen-bond acceptors (Lipinski definition) is 2. The normalized spacial score (nSPS) is 12.4. The fourth-order valence-electron chi connectivity index (χ4n) is 9.75. The van der Waals surface area contributed by atoms with Crippen molar-refractivity contribution in [3.05, 3.63) is 239 Å². The van der Waals surface area contributed by atoms with Crippen LogP contribution in [0.15, 0.2) is 172 Å². The van der Waals surface area contributed by atoms with E-state index in [1.54, 1.807) is 0 Å². The molecule has 0 aromatic heterocycles. The van der Waals surface area contributed by atoms with Crippen molar-refractivity contribution in [2.75, 3.05) is 13.2 Å². The molecule has 7 aromatic rings. The van der Waals surface area contributed by atoms with E-state index in [4.69, 9.17) is 9.47 Å². The first-order valence-electron chi connectivity index (χ1n) is 29.2. The average molecular weight is 1060 g/mol. The van der Waals surface area contributed by atoms with Crippen molar-refractivity contribution < 1.29 is 9.47 Å². The Bertz CT molecular complexity index is 3100. The predicted octanol–water partition coefficient (Wildman–Crippen LogP) is 23.0. The van der Waals surface area contributed by atoms with E-state index in [0.717, 1.165) is 149 Å². The summed E-state index contributed by atoms with van der Waals surface area (Å²) in [5.74, 6) is 3.01. The number of allylic oxidation sites excluding steroid dienone is 4. The minimum atomic E-state index is 0.583. The maximum atomic E-state index is 6.32. The van der Waals surface area contributed by atoms with Crippen molar-refractivity contribution in [1.29, 1.82) is 0 Å². The zero-order chi connectivity index (χ0) is 57.0. The van der Waals surface area contributed by atoms with Crippen molar-refractivity contribution in [3.8, 4) is 33.8 Å². The highest BCUT2D eigenvalue weighted by atomic mass is 16.5. The Morgan fingerprint density at radius 3 is 0.912 bits per heavy atom. The minimum absolute atomic E-state index is 0.583. The summed E-state index contributed by atoms with van der Waals surface area (Å²) in [7, 11) is 0. The molecule has 2 heteroatoms. The van der Waals surface area contributed by atoms with Gasteiger partial charge in [-0.2, -0.15) is 0 Å². The molecule has 0 amide bonds. The van der Waals surface area contributed by atoms with Crippen LogP contribution in [0.5, 0.6) is 11.5 Å². The van der Waals surface area contributed by atoms with E-state index in [1.807, 2.05) is 27.7 Å². The van der Waals surface area contributed by atoms with Crippen LogP contribution in [0.2, 0.25) is 0 Å². The third-order valence-electron chi connectivity index (χ3n) is 15.1. The van der Waals surface area contributed by atoms with Gasteiger partial charge in [-0.05, 0) is 238 Å². The van der Waals surface area contributed by atoms with Crippen molar-refractivity contribution >= 4 is 70.9 Å². The van der Waals surface area contributed by atoms with E-state index in [9.17, 15) is 0 Å². The summed E-state index contributed by atoms with van der Waals surface area (Å²) in [6, 6.07) is 52.7. The SMILES string of the molecule is C=C(C)c1cc(/C=C/c2cc(/C=C/c3ccc(/C=C/c4cc(-c5ccc(OCC(CC)CCCC)cc5)cc(-c5ccc(OCC(CC)CCCC)cc5)c4)cc3)cc(/C=C/c3cc(C(=C)C)cc(C(=C)C)c3)c2)cc(C(=C)C)c1. The van der Waals surface area contributed by atoms with Crippen LogP contribution in [-0.2, 0) is 0 Å². The van der Waals surface area contributed by atoms with E-state index in [1.165, 1.54) is 38.5 Å². The molecule has 2 nitrogen and oxygen atoms in total. The van der Waals surface area contributed by atoms with Gasteiger partial charge in [0, 0.05) is 0 Å². The molecule has 0 aliphatic rings. The van der Waals surface area contributed by atoms with Gasteiger partial charge in [-0.15, -0.1) is 0 Å². The minimum Gasteiger partial charge on any atom is -0.493 e. The zero-order valence-electron chi connectivity index (χ0n) is 49.3. The second-order valence-corrected chi connectivity index (χ2v) is 22.1. The number of hydrogen-bond donors (Lipinski definition) is 0. The molecule has 0 aliphatic carbocycles. The van der Waals surface area contributed by atoms with Gasteiger partial charge in [0.25, 0.3) is 0 Å². The van der Waals surface area contributed by atoms with Crippen LogP contribution in [0.25, 0.3) is 93.2 Å². The number of ether oxygens (including phenoxy) is 2. The van der Waals surface area contributed by atoms with E-state index in [0.29, 0.717) is 11.8 Å². The summed E-state index contributed by atoms with van der Waals surface area (Å²) >= 11 is 0.